The van der Waals surface area contributed by atoms with Crippen LogP contribution in [-0.4, -0.2) is 28.6 Å². The average molecular weight is 548 g/mol. The molecule has 0 spiro atoms. The van der Waals surface area contributed by atoms with Crippen LogP contribution in [0.2, 0.25) is 15.1 Å². The topological polar surface area (TPSA) is 75.7 Å². The van der Waals surface area contributed by atoms with Crippen molar-refractivity contribution in [3.8, 4) is 5.75 Å². The number of amides is 3. The summed E-state index contributed by atoms with van der Waals surface area (Å²) >= 11 is 19.1. The van der Waals surface area contributed by atoms with Crippen molar-refractivity contribution in [2.75, 3.05) is 11.9 Å². The summed E-state index contributed by atoms with van der Waals surface area (Å²) < 4.78 is 5.68. The lowest BCUT2D eigenvalue weighted by atomic mass is 10.1. The van der Waals surface area contributed by atoms with Crippen molar-refractivity contribution in [2.45, 2.75) is 6.54 Å². The number of imide groups is 1. The van der Waals surface area contributed by atoms with E-state index in [1.807, 2.05) is 18.2 Å². The maximum Gasteiger partial charge on any atom is 0.293 e. The molecule has 1 saturated heterocycles. The fourth-order valence-corrected chi connectivity index (χ4v) is 4.70. The molecule has 3 aromatic rings. The fourth-order valence-electron chi connectivity index (χ4n) is 3.22. The number of ether oxygens (including phenoxy) is 1. The largest absolute Gasteiger partial charge is 0.483 e. The highest BCUT2D eigenvalue weighted by molar-refractivity contribution is 8.18. The summed E-state index contributed by atoms with van der Waals surface area (Å²) in [5, 5.41) is 3.53. The fraction of sp³-hybridized carbons (Fsp3) is 0.0800. The van der Waals surface area contributed by atoms with Crippen LogP contribution in [0.3, 0.4) is 0 Å². The first kappa shape index (κ1) is 25.1. The standard InChI is InChI=1S/C25H17Cl3N2O4S/c26-17-8-9-21(34-14-23(31)29-19-4-2-1-3-5-19)16(10-17)11-22-24(32)30(25(33)35-22)13-15-6-7-18(27)12-20(15)28/h1-12H,13-14H2,(H,29,31)/b22-11-. The first-order valence-corrected chi connectivity index (χ1v) is 12.2. The van der Waals surface area contributed by atoms with E-state index >= 15 is 0 Å². The van der Waals surface area contributed by atoms with Gasteiger partial charge in [0.05, 0.1) is 11.4 Å². The molecule has 3 aromatic carbocycles. The van der Waals surface area contributed by atoms with Gasteiger partial charge in [0, 0.05) is 26.3 Å². The number of nitrogens with zero attached hydrogens (tertiary/aromatic N) is 1. The predicted molar refractivity (Wildman–Crippen MR) is 140 cm³/mol. The Labute approximate surface area is 220 Å². The molecule has 0 saturated carbocycles. The zero-order valence-corrected chi connectivity index (χ0v) is 21.0. The van der Waals surface area contributed by atoms with Gasteiger partial charge in [-0.2, -0.15) is 0 Å². The van der Waals surface area contributed by atoms with E-state index in [9.17, 15) is 14.4 Å². The Hall–Kier alpha value is -2.97. The molecule has 1 aliphatic rings. The van der Waals surface area contributed by atoms with Gasteiger partial charge in [-0.25, -0.2) is 0 Å². The van der Waals surface area contributed by atoms with Crippen molar-refractivity contribution in [1.29, 1.82) is 0 Å². The molecular formula is C25H17Cl3N2O4S. The van der Waals surface area contributed by atoms with Gasteiger partial charge in [-0.3, -0.25) is 19.3 Å². The summed E-state index contributed by atoms with van der Waals surface area (Å²) in [6.07, 6.45) is 1.52. The van der Waals surface area contributed by atoms with Gasteiger partial charge >= 0.3 is 0 Å². The van der Waals surface area contributed by atoms with Crippen LogP contribution < -0.4 is 10.1 Å². The highest BCUT2D eigenvalue weighted by Gasteiger charge is 2.35. The molecule has 35 heavy (non-hydrogen) atoms. The third-order valence-corrected chi connectivity index (χ3v) is 6.62. The van der Waals surface area contributed by atoms with Gasteiger partial charge < -0.3 is 10.1 Å². The number of nitrogens with one attached hydrogen (secondary N) is 1. The zero-order valence-electron chi connectivity index (χ0n) is 18.0. The number of para-hydroxylation sites is 1. The second kappa shape index (κ2) is 11.2. The van der Waals surface area contributed by atoms with Gasteiger partial charge in [-0.05, 0) is 65.9 Å². The minimum absolute atomic E-state index is 0.0105. The molecule has 1 fully saturated rings. The molecule has 1 N–H and O–H groups in total. The van der Waals surface area contributed by atoms with Crippen molar-refractivity contribution in [1.82, 2.24) is 4.90 Å². The minimum Gasteiger partial charge on any atom is -0.483 e. The Morgan fingerprint density at radius 2 is 1.69 bits per heavy atom. The first-order valence-electron chi connectivity index (χ1n) is 10.3. The monoisotopic (exact) mass is 546 g/mol. The highest BCUT2D eigenvalue weighted by atomic mass is 35.5. The molecule has 10 heteroatoms. The minimum atomic E-state index is -0.473. The number of carbonyl (C=O) groups is 3. The zero-order chi connectivity index (χ0) is 24.9. The number of hydrogen-bond acceptors (Lipinski definition) is 5. The lowest BCUT2D eigenvalue weighted by Crippen LogP contribution is -2.27. The van der Waals surface area contributed by atoms with Gasteiger partial charge in [0.25, 0.3) is 17.1 Å². The van der Waals surface area contributed by atoms with Gasteiger partial charge in [0.15, 0.2) is 6.61 Å². The number of benzene rings is 3. The maximum absolute atomic E-state index is 13.0. The van der Waals surface area contributed by atoms with E-state index in [0.29, 0.717) is 37.6 Å². The normalized spacial score (nSPS) is 14.5. The molecular weight excluding hydrogens is 531 g/mol. The molecule has 0 aliphatic carbocycles. The van der Waals surface area contributed by atoms with Gasteiger partial charge in [0.2, 0.25) is 0 Å². The van der Waals surface area contributed by atoms with E-state index < -0.39 is 11.1 Å². The molecule has 0 bridgehead atoms. The predicted octanol–water partition coefficient (Wildman–Crippen LogP) is 6.90. The molecule has 178 valence electrons. The highest BCUT2D eigenvalue weighted by Crippen LogP contribution is 2.36. The van der Waals surface area contributed by atoms with Crippen LogP contribution >= 0.6 is 46.6 Å². The summed E-state index contributed by atoms with van der Waals surface area (Å²) in [5.74, 6) is -0.485. The van der Waals surface area contributed by atoms with Crippen LogP contribution in [0.25, 0.3) is 6.08 Å². The van der Waals surface area contributed by atoms with Crippen molar-refractivity contribution < 1.29 is 19.1 Å². The average Bonchev–Trinajstić information content (AvgIpc) is 3.08. The van der Waals surface area contributed by atoms with E-state index in [2.05, 4.69) is 5.32 Å². The number of halogens is 3. The second-order valence-electron chi connectivity index (χ2n) is 7.39. The molecule has 0 atom stereocenters. The number of rotatable bonds is 7. The number of thioether (sulfide) groups is 1. The van der Waals surface area contributed by atoms with E-state index in [1.165, 1.54) is 6.08 Å². The van der Waals surface area contributed by atoms with Crippen LogP contribution in [0, 0.1) is 0 Å². The van der Waals surface area contributed by atoms with E-state index in [1.54, 1.807) is 48.5 Å². The Bertz CT molecular complexity index is 1330. The quantitative estimate of drug-likeness (QED) is 0.326. The van der Waals surface area contributed by atoms with Gasteiger partial charge in [-0.1, -0.05) is 59.1 Å². The van der Waals surface area contributed by atoms with Crippen molar-refractivity contribution in [3.63, 3.8) is 0 Å². The van der Waals surface area contributed by atoms with Crippen molar-refractivity contribution >= 4 is 75.4 Å². The molecule has 6 nitrogen and oxygen atoms in total. The van der Waals surface area contributed by atoms with Crippen LogP contribution in [0.4, 0.5) is 10.5 Å². The number of hydrogen-bond donors (Lipinski definition) is 1. The molecule has 0 aromatic heterocycles. The van der Waals surface area contributed by atoms with Crippen molar-refractivity contribution in [3.05, 3.63) is 97.8 Å². The molecule has 1 aliphatic heterocycles. The third-order valence-electron chi connectivity index (χ3n) is 4.89. The third kappa shape index (κ3) is 6.38. The van der Waals surface area contributed by atoms with E-state index in [0.717, 1.165) is 16.7 Å². The molecule has 0 radical (unpaired) electrons. The van der Waals surface area contributed by atoms with Crippen LogP contribution in [-0.2, 0) is 16.1 Å². The molecule has 0 unspecified atom stereocenters. The Kier molecular flexibility index (Phi) is 8.03. The summed E-state index contributed by atoms with van der Waals surface area (Å²) in [5.41, 5.74) is 1.70. The van der Waals surface area contributed by atoms with Gasteiger partial charge in [0.1, 0.15) is 5.75 Å². The lowest BCUT2D eigenvalue weighted by molar-refractivity contribution is -0.123. The van der Waals surface area contributed by atoms with Crippen LogP contribution in [0.1, 0.15) is 11.1 Å². The summed E-state index contributed by atoms with van der Waals surface area (Å²) in [6, 6.07) is 18.6. The van der Waals surface area contributed by atoms with E-state index in [4.69, 9.17) is 39.5 Å². The maximum atomic E-state index is 13.0. The van der Waals surface area contributed by atoms with E-state index in [-0.39, 0.29) is 24.0 Å². The molecule has 1 heterocycles. The van der Waals surface area contributed by atoms with Gasteiger partial charge in [-0.15, -0.1) is 0 Å². The summed E-state index contributed by atoms with van der Waals surface area (Å²) in [7, 11) is 0. The SMILES string of the molecule is O=C(COc1ccc(Cl)cc1/C=C1\SC(=O)N(Cc2ccc(Cl)cc2Cl)C1=O)Nc1ccccc1. The smallest absolute Gasteiger partial charge is 0.293 e. The number of anilines is 1. The molecule has 4 rings (SSSR count). The van der Waals surface area contributed by atoms with Crippen LogP contribution in [0.5, 0.6) is 5.75 Å². The summed E-state index contributed by atoms with van der Waals surface area (Å²) in [6.45, 7) is -0.246. The second-order valence-corrected chi connectivity index (χ2v) is 9.66. The molecule has 3 amide bonds. The van der Waals surface area contributed by atoms with Crippen LogP contribution in [0.15, 0.2) is 71.6 Å². The van der Waals surface area contributed by atoms with Crippen molar-refractivity contribution in [2.24, 2.45) is 0 Å². The summed E-state index contributed by atoms with van der Waals surface area (Å²) in [4.78, 5) is 39.1. The first-order chi connectivity index (χ1) is 16.8. The Morgan fingerprint density at radius 1 is 0.971 bits per heavy atom. The lowest BCUT2D eigenvalue weighted by Gasteiger charge is -2.14. The number of carbonyl (C=O) groups excluding carboxylic acids is 3. The Balaban J connectivity index is 1.49. The Morgan fingerprint density at radius 3 is 2.43 bits per heavy atom.